The summed E-state index contributed by atoms with van der Waals surface area (Å²) in [5.74, 6) is 0.526. The number of likely N-dealkylation sites (tertiary alicyclic amines) is 2. The second kappa shape index (κ2) is 13.1. The fourth-order valence-corrected chi connectivity index (χ4v) is 6.43. The summed E-state index contributed by atoms with van der Waals surface area (Å²) in [5, 5.41) is 7.25. The number of nitrogens with one attached hydrogen (secondary N) is 2. The van der Waals surface area contributed by atoms with Gasteiger partial charge in [0.15, 0.2) is 0 Å². The van der Waals surface area contributed by atoms with Crippen molar-refractivity contribution in [2.75, 3.05) is 31.5 Å². The van der Waals surface area contributed by atoms with E-state index in [1.54, 1.807) is 6.20 Å². The molecule has 6 rings (SSSR count). The smallest absolute Gasteiger partial charge is 0.317 e. The molecule has 0 radical (unpaired) electrons. The molecule has 0 unspecified atom stereocenters. The molecule has 2 aliphatic heterocycles. The second-order valence-corrected chi connectivity index (χ2v) is 12.4. The van der Waals surface area contributed by atoms with Crippen molar-refractivity contribution < 1.29 is 9.59 Å². The molecule has 0 bridgehead atoms. The van der Waals surface area contributed by atoms with Gasteiger partial charge in [-0.05, 0) is 75.8 Å². The van der Waals surface area contributed by atoms with E-state index in [2.05, 4.69) is 15.6 Å². The molecule has 2 aromatic heterocycles. The molecule has 10 heteroatoms. The number of carbonyl (C=O) groups is 2. The van der Waals surface area contributed by atoms with E-state index in [1.807, 2.05) is 95.8 Å². The number of piperidine rings is 2. The minimum absolute atomic E-state index is 0.0530. The summed E-state index contributed by atoms with van der Waals surface area (Å²) >= 11 is 0. The average molecular weight is 608 g/mol. The molecule has 0 aliphatic carbocycles. The van der Waals surface area contributed by atoms with E-state index < -0.39 is 0 Å². The third kappa shape index (κ3) is 6.55. The quantitative estimate of drug-likeness (QED) is 0.310. The monoisotopic (exact) mass is 607 g/mol. The maximum absolute atomic E-state index is 14.3. The zero-order valence-electron chi connectivity index (χ0n) is 26.2. The highest BCUT2D eigenvalue weighted by Gasteiger charge is 2.28. The van der Waals surface area contributed by atoms with E-state index in [0.717, 1.165) is 29.4 Å². The lowest BCUT2D eigenvalue weighted by Crippen LogP contribution is -2.47. The van der Waals surface area contributed by atoms with Crippen LogP contribution in [0.1, 0.15) is 61.5 Å². The van der Waals surface area contributed by atoms with E-state index >= 15 is 0 Å². The Morgan fingerprint density at radius 2 is 1.53 bits per heavy atom. The van der Waals surface area contributed by atoms with E-state index in [9.17, 15) is 14.4 Å². The molecule has 4 heterocycles. The van der Waals surface area contributed by atoms with Crippen LogP contribution in [-0.2, 0) is 0 Å². The van der Waals surface area contributed by atoms with Crippen molar-refractivity contribution in [2.45, 2.75) is 64.6 Å². The largest absolute Gasteiger partial charge is 0.351 e. The minimum atomic E-state index is -0.109. The van der Waals surface area contributed by atoms with E-state index in [1.165, 1.54) is 0 Å². The van der Waals surface area contributed by atoms with Crippen molar-refractivity contribution in [1.29, 1.82) is 0 Å². The molecule has 2 saturated heterocycles. The number of fused-ring (bicyclic) bond motifs is 1. The molecule has 2 fully saturated rings. The van der Waals surface area contributed by atoms with Gasteiger partial charge in [-0.1, -0.05) is 42.5 Å². The van der Waals surface area contributed by atoms with Crippen LogP contribution in [0.5, 0.6) is 0 Å². The fraction of sp³-hybridized carbons (Fsp3) is 0.400. The summed E-state index contributed by atoms with van der Waals surface area (Å²) < 4.78 is 1.84. The van der Waals surface area contributed by atoms with Crippen molar-refractivity contribution >= 4 is 28.9 Å². The number of nitrogens with zero attached hydrogens (tertiary/aromatic N) is 5. The van der Waals surface area contributed by atoms with Gasteiger partial charge in [-0.2, -0.15) is 4.98 Å². The molecule has 0 spiro atoms. The van der Waals surface area contributed by atoms with Gasteiger partial charge < -0.3 is 20.4 Å². The average Bonchev–Trinajstić information content (AvgIpc) is 3.05. The lowest BCUT2D eigenvalue weighted by molar-refractivity contribution is 0.0718. The van der Waals surface area contributed by atoms with Gasteiger partial charge in [0.2, 0.25) is 5.95 Å². The second-order valence-electron chi connectivity index (χ2n) is 12.4. The molecule has 2 aromatic carbocycles. The van der Waals surface area contributed by atoms with Gasteiger partial charge in [-0.3, -0.25) is 14.2 Å². The molecule has 2 N–H and O–H groups in total. The van der Waals surface area contributed by atoms with Gasteiger partial charge >= 0.3 is 6.03 Å². The maximum Gasteiger partial charge on any atom is 0.317 e. The van der Waals surface area contributed by atoms with Gasteiger partial charge in [0.25, 0.3) is 11.5 Å². The van der Waals surface area contributed by atoms with E-state index in [4.69, 9.17) is 4.98 Å². The first-order valence-corrected chi connectivity index (χ1v) is 15.9. The van der Waals surface area contributed by atoms with Crippen LogP contribution in [0.2, 0.25) is 0 Å². The number of anilines is 1. The molecule has 3 amide bonds. The summed E-state index contributed by atoms with van der Waals surface area (Å²) in [5.41, 5.74) is 3.76. The van der Waals surface area contributed by atoms with Crippen LogP contribution in [0.4, 0.5) is 10.7 Å². The fourth-order valence-electron chi connectivity index (χ4n) is 6.43. The van der Waals surface area contributed by atoms with Crippen LogP contribution in [-0.4, -0.2) is 74.5 Å². The number of aryl methyl sites for hydroxylation is 1. The molecule has 4 aromatic rings. The van der Waals surface area contributed by atoms with Crippen LogP contribution < -0.4 is 16.2 Å². The van der Waals surface area contributed by atoms with Crippen LogP contribution in [0, 0.1) is 6.92 Å². The third-order valence-electron chi connectivity index (χ3n) is 8.87. The lowest BCUT2D eigenvalue weighted by Gasteiger charge is -2.34. The van der Waals surface area contributed by atoms with E-state index in [0.29, 0.717) is 61.7 Å². The first kappa shape index (κ1) is 30.3. The first-order valence-electron chi connectivity index (χ1n) is 15.9. The Morgan fingerprint density at radius 3 is 2.22 bits per heavy atom. The maximum atomic E-state index is 14.3. The molecular weight excluding hydrogens is 566 g/mol. The van der Waals surface area contributed by atoms with Crippen molar-refractivity contribution in [3.05, 3.63) is 88.3 Å². The Morgan fingerprint density at radius 1 is 0.867 bits per heavy atom. The molecule has 0 saturated carbocycles. The summed E-state index contributed by atoms with van der Waals surface area (Å²) in [7, 11) is 0. The number of hydrogen-bond donors (Lipinski definition) is 2. The predicted octanol–water partition coefficient (Wildman–Crippen LogP) is 5.24. The van der Waals surface area contributed by atoms with Crippen LogP contribution >= 0.6 is 0 Å². The number of rotatable bonds is 6. The molecule has 234 valence electrons. The van der Waals surface area contributed by atoms with Crippen LogP contribution in [0.15, 0.2) is 71.7 Å². The summed E-state index contributed by atoms with van der Waals surface area (Å²) in [6.07, 6.45) is 4.64. The van der Waals surface area contributed by atoms with Crippen molar-refractivity contribution in [1.82, 2.24) is 29.7 Å². The number of benzene rings is 2. The number of aromatic nitrogens is 3. The lowest BCUT2D eigenvalue weighted by atomic mass is 9.99. The van der Waals surface area contributed by atoms with Gasteiger partial charge in [0.05, 0.1) is 0 Å². The van der Waals surface area contributed by atoms with Crippen molar-refractivity contribution in [2.24, 2.45) is 0 Å². The molecule has 2 aliphatic rings. The Hall–Kier alpha value is -4.73. The summed E-state index contributed by atoms with van der Waals surface area (Å²) in [6.45, 7) is 8.32. The van der Waals surface area contributed by atoms with Gasteiger partial charge in [-0.25, -0.2) is 9.78 Å². The van der Waals surface area contributed by atoms with E-state index in [-0.39, 0.29) is 35.6 Å². The number of carbonyl (C=O) groups excluding carboxylic acids is 2. The number of urea groups is 1. The summed E-state index contributed by atoms with van der Waals surface area (Å²) in [4.78, 5) is 53.1. The van der Waals surface area contributed by atoms with Crippen LogP contribution in [0.3, 0.4) is 0 Å². The minimum Gasteiger partial charge on any atom is -0.351 e. The Bertz CT molecular complexity index is 1740. The zero-order valence-corrected chi connectivity index (χ0v) is 26.2. The molecule has 45 heavy (non-hydrogen) atoms. The number of amides is 3. The van der Waals surface area contributed by atoms with Gasteiger partial charge in [-0.15, -0.1) is 0 Å². The number of pyridine rings is 1. The van der Waals surface area contributed by atoms with Crippen LogP contribution in [0.25, 0.3) is 22.2 Å². The highest BCUT2D eigenvalue weighted by Crippen LogP contribution is 2.29. The molecule has 0 atom stereocenters. The van der Waals surface area contributed by atoms with Gasteiger partial charge in [0, 0.05) is 67.0 Å². The Balaban J connectivity index is 1.26. The standard InChI is InChI=1S/C35H41N7O3/c1-23(2)37-35(45)41-19-15-28(16-20-41)42-31-26(21-30(33(42)44)29-12-8-7-9-24(29)3)22-36-34(39-31)38-27-13-17-40(18-14-27)32(43)25-10-5-4-6-11-25/h4-12,21-23,27-28H,13-20H2,1-3H3,(H,37,45)(H,36,38,39). The Labute approximate surface area is 263 Å². The van der Waals surface area contributed by atoms with Gasteiger partial charge in [0.1, 0.15) is 5.65 Å². The third-order valence-corrected chi connectivity index (χ3v) is 8.87. The zero-order chi connectivity index (χ0) is 31.5. The Kier molecular flexibility index (Phi) is 8.82. The highest BCUT2D eigenvalue weighted by atomic mass is 16.2. The topological polar surface area (TPSA) is 112 Å². The molecular formula is C35H41N7O3. The van der Waals surface area contributed by atoms with Crippen molar-refractivity contribution in [3.63, 3.8) is 0 Å². The first-order chi connectivity index (χ1) is 21.8. The highest BCUT2D eigenvalue weighted by molar-refractivity contribution is 5.94. The predicted molar refractivity (Wildman–Crippen MR) is 176 cm³/mol. The SMILES string of the molecule is Cc1ccccc1-c1cc2cnc(NC3CCN(C(=O)c4ccccc4)CC3)nc2n(C2CCN(C(=O)NC(C)C)CC2)c1=O. The van der Waals surface area contributed by atoms with Crippen molar-refractivity contribution in [3.8, 4) is 11.1 Å². The number of hydrogen-bond acceptors (Lipinski definition) is 6. The molecule has 10 nitrogen and oxygen atoms in total. The normalized spacial score (nSPS) is 16.3. The summed E-state index contributed by atoms with van der Waals surface area (Å²) in [6, 6.07) is 19.2.